The molecule has 0 unspecified atom stereocenters. The topological polar surface area (TPSA) is 3.24 Å². The molecule has 0 saturated heterocycles. The maximum absolute atomic E-state index is 3.55. The zero-order valence-corrected chi connectivity index (χ0v) is 20.9. The molecule has 1 nitrogen and oxygen atoms in total. The second-order valence-corrected chi connectivity index (χ2v) is 8.40. The SMILES string of the molecule is Br.CCCCCCCCCCCCCCCCN(CCBr)CCBr. The Morgan fingerprint density at radius 3 is 1.17 bits per heavy atom. The lowest BCUT2D eigenvalue weighted by atomic mass is 10.0. The van der Waals surface area contributed by atoms with E-state index in [4.69, 9.17) is 0 Å². The minimum atomic E-state index is 0. The standard InChI is InChI=1S/C20H41Br2N.BrH/c1-2-3-4-5-6-7-8-9-10-11-12-13-14-15-18-23(19-16-21)20-17-22;/h2-20H2,1H3;1H. The van der Waals surface area contributed by atoms with Crippen LogP contribution in [0, 0.1) is 0 Å². The van der Waals surface area contributed by atoms with E-state index < -0.39 is 0 Å². The van der Waals surface area contributed by atoms with Crippen molar-refractivity contribution in [3.63, 3.8) is 0 Å². The highest BCUT2D eigenvalue weighted by Gasteiger charge is 2.02. The lowest BCUT2D eigenvalue weighted by Gasteiger charge is -2.19. The quantitative estimate of drug-likeness (QED) is 0.119. The lowest BCUT2D eigenvalue weighted by Crippen LogP contribution is -2.28. The molecule has 148 valence electrons. The summed E-state index contributed by atoms with van der Waals surface area (Å²) in [5, 5.41) is 2.19. The van der Waals surface area contributed by atoms with Crippen LogP contribution < -0.4 is 0 Å². The minimum absolute atomic E-state index is 0. The molecule has 0 aliphatic carbocycles. The normalized spacial score (nSPS) is 11.0. The Morgan fingerprint density at radius 2 is 0.833 bits per heavy atom. The van der Waals surface area contributed by atoms with E-state index >= 15 is 0 Å². The average molecular weight is 536 g/mol. The molecule has 0 saturated carbocycles. The van der Waals surface area contributed by atoms with Gasteiger partial charge in [-0.2, -0.15) is 0 Å². The highest BCUT2D eigenvalue weighted by Crippen LogP contribution is 2.13. The molecular formula is C20H42Br3N. The molecule has 0 amide bonds. The molecule has 0 fully saturated rings. The lowest BCUT2D eigenvalue weighted by molar-refractivity contribution is 0.301. The monoisotopic (exact) mass is 533 g/mol. The predicted molar refractivity (Wildman–Crippen MR) is 125 cm³/mol. The summed E-state index contributed by atoms with van der Waals surface area (Å²) >= 11 is 7.09. The van der Waals surface area contributed by atoms with Crippen molar-refractivity contribution in [1.82, 2.24) is 4.90 Å². The number of hydrogen-bond donors (Lipinski definition) is 0. The van der Waals surface area contributed by atoms with Gasteiger partial charge in [-0.3, -0.25) is 0 Å². The number of rotatable bonds is 19. The molecule has 24 heavy (non-hydrogen) atoms. The van der Waals surface area contributed by atoms with Crippen molar-refractivity contribution in [2.24, 2.45) is 0 Å². The second kappa shape index (κ2) is 24.4. The van der Waals surface area contributed by atoms with Gasteiger partial charge in [-0.05, 0) is 13.0 Å². The van der Waals surface area contributed by atoms with Crippen LogP contribution in [0.15, 0.2) is 0 Å². The largest absolute Gasteiger partial charge is 0.302 e. The summed E-state index contributed by atoms with van der Waals surface area (Å²) < 4.78 is 0. The van der Waals surface area contributed by atoms with Crippen LogP contribution in [0.2, 0.25) is 0 Å². The summed E-state index contributed by atoms with van der Waals surface area (Å²) in [7, 11) is 0. The Morgan fingerprint density at radius 1 is 0.500 bits per heavy atom. The molecule has 0 aliphatic rings. The van der Waals surface area contributed by atoms with Gasteiger partial charge in [0.15, 0.2) is 0 Å². The summed E-state index contributed by atoms with van der Waals surface area (Å²) in [6.07, 6.45) is 20.2. The number of nitrogens with zero attached hydrogens (tertiary/aromatic N) is 1. The highest BCUT2D eigenvalue weighted by molar-refractivity contribution is 9.09. The first kappa shape index (κ1) is 27.6. The van der Waals surface area contributed by atoms with Crippen LogP contribution in [0.4, 0.5) is 0 Å². The van der Waals surface area contributed by atoms with Crippen molar-refractivity contribution < 1.29 is 0 Å². The Bertz CT molecular complexity index is 209. The van der Waals surface area contributed by atoms with E-state index in [9.17, 15) is 0 Å². The van der Waals surface area contributed by atoms with Gasteiger partial charge in [0, 0.05) is 23.7 Å². The van der Waals surface area contributed by atoms with Gasteiger partial charge >= 0.3 is 0 Å². The van der Waals surface area contributed by atoms with Crippen LogP contribution >= 0.6 is 48.8 Å². The zero-order valence-electron chi connectivity index (χ0n) is 16.0. The third-order valence-electron chi connectivity index (χ3n) is 4.63. The van der Waals surface area contributed by atoms with Gasteiger partial charge in [0.05, 0.1) is 0 Å². The van der Waals surface area contributed by atoms with Crippen molar-refractivity contribution in [3.8, 4) is 0 Å². The third kappa shape index (κ3) is 21.4. The summed E-state index contributed by atoms with van der Waals surface area (Å²) in [5.74, 6) is 0. The Labute approximate surface area is 180 Å². The van der Waals surface area contributed by atoms with Crippen LogP contribution in [0.1, 0.15) is 96.8 Å². The molecule has 4 heteroatoms. The maximum Gasteiger partial charge on any atom is 0.0159 e. The summed E-state index contributed by atoms with van der Waals surface area (Å²) in [6, 6.07) is 0. The van der Waals surface area contributed by atoms with E-state index in [1.807, 2.05) is 0 Å². The van der Waals surface area contributed by atoms with Gasteiger partial charge in [0.2, 0.25) is 0 Å². The molecule has 0 bridgehead atoms. The molecule has 0 N–H and O–H groups in total. The van der Waals surface area contributed by atoms with Gasteiger partial charge in [-0.1, -0.05) is 122 Å². The second-order valence-electron chi connectivity index (χ2n) is 6.82. The summed E-state index contributed by atoms with van der Waals surface area (Å²) in [4.78, 5) is 2.56. The van der Waals surface area contributed by atoms with Crippen LogP contribution in [-0.2, 0) is 0 Å². The molecule has 0 aromatic carbocycles. The minimum Gasteiger partial charge on any atom is -0.302 e. The van der Waals surface area contributed by atoms with Gasteiger partial charge in [0.25, 0.3) is 0 Å². The molecule has 0 heterocycles. The van der Waals surface area contributed by atoms with E-state index in [0.717, 1.165) is 10.7 Å². The first-order valence-corrected chi connectivity index (χ1v) is 12.4. The van der Waals surface area contributed by atoms with E-state index in [1.165, 1.54) is 110 Å². The van der Waals surface area contributed by atoms with Crippen molar-refractivity contribution >= 4 is 48.8 Å². The third-order valence-corrected chi connectivity index (χ3v) is 5.34. The van der Waals surface area contributed by atoms with Crippen molar-refractivity contribution in [2.45, 2.75) is 96.8 Å². The number of halogens is 3. The van der Waals surface area contributed by atoms with Gasteiger partial charge in [-0.25, -0.2) is 0 Å². The first-order chi connectivity index (χ1) is 11.3. The van der Waals surface area contributed by atoms with Crippen LogP contribution in [0.25, 0.3) is 0 Å². The molecule has 0 atom stereocenters. The van der Waals surface area contributed by atoms with E-state index in [1.54, 1.807) is 0 Å². The highest BCUT2D eigenvalue weighted by atomic mass is 79.9. The average Bonchev–Trinajstić information content (AvgIpc) is 2.55. The van der Waals surface area contributed by atoms with Crippen molar-refractivity contribution in [1.29, 1.82) is 0 Å². The van der Waals surface area contributed by atoms with Gasteiger partial charge < -0.3 is 4.90 Å². The van der Waals surface area contributed by atoms with Crippen molar-refractivity contribution in [2.75, 3.05) is 30.3 Å². The summed E-state index contributed by atoms with van der Waals surface area (Å²) in [5.41, 5.74) is 0. The van der Waals surface area contributed by atoms with Crippen molar-refractivity contribution in [3.05, 3.63) is 0 Å². The fourth-order valence-corrected chi connectivity index (χ4v) is 4.11. The molecule has 0 rings (SSSR count). The van der Waals surface area contributed by atoms with Gasteiger partial charge in [0.1, 0.15) is 0 Å². The van der Waals surface area contributed by atoms with Crippen LogP contribution in [-0.4, -0.2) is 35.2 Å². The number of unbranched alkanes of at least 4 members (excludes halogenated alkanes) is 13. The van der Waals surface area contributed by atoms with E-state index in [-0.39, 0.29) is 17.0 Å². The summed E-state index contributed by atoms with van der Waals surface area (Å²) in [6.45, 7) is 5.94. The van der Waals surface area contributed by atoms with Crippen LogP contribution in [0.5, 0.6) is 0 Å². The fraction of sp³-hybridized carbons (Fsp3) is 1.00. The number of hydrogen-bond acceptors (Lipinski definition) is 1. The molecular weight excluding hydrogens is 494 g/mol. The molecule has 0 spiro atoms. The zero-order chi connectivity index (χ0) is 17.0. The number of alkyl halides is 2. The maximum atomic E-state index is 3.55. The van der Waals surface area contributed by atoms with E-state index in [0.29, 0.717) is 0 Å². The first-order valence-electron chi connectivity index (χ1n) is 10.2. The predicted octanol–water partition coefficient (Wildman–Crippen LogP) is 8.14. The molecule has 0 aliphatic heterocycles. The Kier molecular flexibility index (Phi) is 28.1. The fourth-order valence-electron chi connectivity index (χ4n) is 3.10. The Hall–Kier alpha value is 1.40. The van der Waals surface area contributed by atoms with Crippen LogP contribution in [0.3, 0.4) is 0 Å². The van der Waals surface area contributed by atoms with E-state index in [2.05, 4.69) is 43.7 Å². The molecule has 0 radical (unpaired) electrons. The Balaban J connectivity index is 0. The van der Waals surface area contributed by atoms with Gasteiger partial charge in [-0.15, -0.1) is 17.0 Å². The smallest absolute Gasteiger partial charge is 0.0159 e. The molecule has 0 aromatic heterocycles. The molecule has 0 aromatic rings.